The highest BCUT2D eigenvalue weighted by atomic mass is 16.1. The Morgan fingerprint density at radius 3 is 3.12 bits per heavy atom. The van der Waals surface area contributed by atoms with Crippen molar-refractivity contribution in [2.75, 3.05) is 11.9 Å². The molecule has 0 aliphatic rings. The van der Waals surface area contributed by atoms with E-state index in [1.54, 1.807) is 4.52 Å². The van der Waals surface area contributed by atoms with Crippen molar-refractivity contribution in [2.45, 2.75) is 13.3 Å². The average Bonchev–Trinajstić information content (AvgIpc) is 2.73. The van der Waals surface area contributed by atoms with E-state index in [-0.39, 0.29) is 0 Å². The zero-order chi connectivity index (χ0) is 11.5. The third-order valence-corrected chi connectivity index (χ3v) is 2.38. The summed E-state index contributed by atoms with van der Waals surface area (Å²) >= 11 is 0. The lowest BCUT2D eigenvalue weighted by Gasteiger charge is -2.10. The molecule has 2 rings (SSSR count). The van der Waals surface area contributed by atoms with Crippen LogP contribution >= 0.6 is 0 Å². The quantitative estimate of drug-likeness (QED) is 0.811. The highest BCUT2D eigenvalue weighted by molar-refractivity contribution is 6.01. The molecule has 5 nitrogen and oxygen atoms in total. The summed E-state index contributed by atoms with van der Waals surface area (Å²) in [4.78, 5) is 11.3. The minimum Gasteiger partial charge on any atom is -0.383 e. The van der Waals surface area contributed by atoms with Gasteiger partial charge in [-0.05, 0) is 18.6 Å². The predicted molar refractivity (Wildman–Crippen MR) is 62.5 cm³/mol. The first-order valence-electron chi connectivity index (χ1n) is 5.24. The SMILES string of the molecule is CCCNc1c(C(N)=O)cnn2cccc12. The largest absolute Gasteiger partial charge is 0.383 e. The third-order valence-electron chi connectivity index (χ3n) is 2.38. The second-order valence-corrected chi connectivity index (χ2v) is 3.56. The Morgan fingerprint density at radius 1 is 1.62 bits per heavy atom. The number of nitrogens with one attached hydrogen (secondary N) is 1. The van der Waals surface area contributed by atoms with Crippen molar-refractivity contribution in [3.05, 3.63) is 30.1 Å². The van der Waals surface area contributed by atoms with Gasteiger partial charge in [-0.1, -0.05) is 6.92 Å². The van der Waals surface area contributed by atoms with Crippen LogP contribution in [0, 0.1) is 0 Å². The molecular weight excluding hydrogens is 204 g/mol. The number of rotatable bonds is 4. The Labute approximate surface area is 93.2 Å². The number of fused-ring (bicyclic) bond motifs is 1. The number of hydrogen-bond acceptors (Lipinski definition) is 3. The van der Waals surface area contributed by atoms with Crippen molar-refractivity contribution in [3.8, 4) is 0 Å². The first kappa shape index (κ1) is 10.5. The smallest absolute Gasteiger partial charge is 0.252 e. The predicted octanol–water partition coefficient (Wildman–Crippen LogP) is 1.26. The maximum atomic E-state index is 11.3. The Kier molecular flexibility index (Phi) is 2.76. The number of aromatic nitrogens is 2. The zero-order valence-corrected chi connectivity index (χ0v) is 9.10. The summed E-state index contributed by atoms with van der Waals surface area (Å²) in [5.41, 5.74) is 7.37. The zero-order valence-electron chi connectivity index (χ0n) is 9.10. The van der Waals surface area contributed by atoms with Gasteiger partial charge in [0, 0.05) is 12.7 Å². The van der Waals surface area contributed by atoms with E-state index in [0.29, 0.717) is 5.56 Å². The molecule has 84 valence electrons. The van der Waals surface area contributed by atoms with Crippen LogP contribution in [0.1, 0.15) is 23.7 Å². The lowest BCUT2D eigenvalue weighted by Crippen LogP contribution is -2.16. The number of hydrogen-bond donors (Lipinski definition) is 2. The molecule has 16 heavy (non-hydrogen) atoms. The molecule has 0 saturated heterocycles. The van der Waals surface area contributed by atoms with Gasteiger partial charge in [0.1, 0.15) is 0 Å². The Balaban J connectivity index is 2.56. The maximum absolute atomic E-state index is 11.3. The number of anilines is 1. The standard InChI is InChI=1S/C11H14N4O/c1-2-5-13-10-8(11(12)16)7-14-15-6-3-4-9(10)15/h3-4,6-7,13H,2,5H2,1H3,(H2,12,16). The molecule has 3 N–H and O–H groups in total. The second-order valence-electron chi connectivity index (χ2n) is 3.56. The minimum atomic E-state index is -0.463. The topological polar surface area (TPSA) is 72.4 Å². The summed E-state index contributed by atoms with van der Waals surface area (Å²) in [7, 11) is 0. The van der Waals surface area contributed by atoms with Gasteiger partial charge in [0.15, 0.2) is 0 Å². The van der Waals surface area contributed by atoms with Crippen LogP contribution in [0.5, 0.6) is 0 Å². The van der Waals surface area contributed by atoms with Gasteiger partial charge in [-0.2, -0.15) is 5.10 Å². The minimum absolute atomic E-state index is 0.430. The average molecular weight is 218 g/mol. The molecule has 0 aromatic carbocycles. The summed E-state index contributed by atoms with van der Waals surface area (Å²) in [6.07, 6.45) is 4.30. The van der Waals surface area contributed by atoms with Crippen LogP contribution in [0.2, 0.25) is 0 Å². The first-order chi connectivity index (χ1) is 7.74. The summed E-state index contributed by atoms with van der Waals surface area (Å²) < 4.78 is 1.71. The van der Waals surface area contributed by atoms with Gasteiger partial charge in [0.05, 0.1) is 23.0 Å². The van der Waals surface area contributed by atoms with Crippen molar-refractivity contribution >= 4 is 17.1 Å². The van der Waals surface area contributed by atoms with Crippen LogP contribution < -0.4 is 11.1 Å². The van der Waals surface area contributed by atoms with E-state index in [0.717, 1.165) is 24.2 Å². The molecule has 5 heteroatoms. The lowest BCUT2D eigenvalue weighted by atomic mass is 10.2. The monoisotopic (exact) mass is 218 g/mol. The van der Waals surface area contributed by atoms with Gasteiger partial charge in [0.2, 0.25) is 0 Å². The number of nitrogens with two attached hydrogens (primary N) is 1. The van der Waals surface area contributed by atoms with E-state index in [4.69, 9.17) is 5.73 Å². The van der Waals surface area contributed by atoms with Crippen molar-refractivity contribution < 1.29 is 4.79 Å². The molecule has 0 saturated carbocycles. The van der Waals surface area contributed by atoms with Crippen LogP contribution in [0.15, 0.2) is 24.5 Å². The molecule has 2 aromatic rings. The van der Waals surface area contributed by atoms with Crippen molar-refractivity contribution in [1.29, 1.82) is 0 Å². The van der Waals surface area contributed by atoms with Crippen LogP contribution in [0.25, 0.3) is 5.52 Å². The molecule has 0 spiro atoms. The van der Waals surface area contributed by atoms with E-state index < -0.39 is 5.91 Å². The van der Waals surface area contributed by atoms with Crippen LogP contribution in [-0.4, -0.2) is 22.1 Å². The van der Waals surface area contributed by atoms with E-state index in [2.05, 4.69) is 17.3 Å². The highest BCUT2D eigenvalue weighted by Gasteiger charge is 2.12. The van der Waals surface area contributed by atoms with Crippen LogP contribution in [-0.2, 0) is 0 Å². The number of primary amides is 1. The molecule has 0 fully saturated rings. The lowest BCUT2D eigenvalue weighted by molar-refractivity contribution is 0.100. The summed E-state index contributed by atoms with van der Waals surface area (Å²) in [6.45, 7) is 2.86. The molecule has 0 aliphatic carbocycles. The van der Waals surface area contributed by atoms with E-state index >= 15 is 0 Å². The second kappa shape index (κ2) is 4.22. The van der Waals surface area contributed by atoms with Gasteiger partial charge < -0.3 is 11.1 Å². The Morgan fingerprint density at radius 2 is 2.44 bits per heavy atom. The molecule has 0 radical (unpaired) electrons. The molecule has 0 unspecified atom stereocenters. The van der Waals surface area contributed by atoms with E-state index in [9.17, 15) is 4.79 Å². The maximum Gasteiger partial charge on any atom is 0.252 e. The molecule has 2 heterocycles. The van der Waals surface area contributed by atoms with Crippen LogP contribution in [0.3, 0.4) is 0 Å². The fraction of sp³-hybridized carbons (Fsp3) is 0.273. The van der Waals surface area contributed by atoms with Crippen molar-refractivity contribution in [1.82, 2.24) is 9.61 Å². The Hall–Kier alpha value is -2.04. The Bertz CT molecular complexity index is 518. The summed E-state index contributed by atoms with van der Waals surface area (Å²) in [6, 6.07) is 3.78. The fourth-order valence-corrected chi connectivity index (χ4v) is 1.62. The summed E-state index contributed by atoms with van der Waals surface area (Å²) in [5, 5.41) is 7.32. The molecule has 0 atom stereocenters. The summed E-state index contributed by atoms with van der Waals surface area (Å²) in [5.74, 6) is -0.463. The van der Waals surface area contributed by atoms with Gasteiger partial charge in [-0.3, -0.25) is 4.79 Å². The molecule has 2 aromatic heterocycles. The number of carbonyl (C=O) groups excluding carboxylic acids is 1. The van der Waals surface area contributed by atoms with E-state index in [1.807, 2.05) is 18.3 Å². The van der Waals surface area contributed by atoms with Crippen molar-refractivity contribution in [2.24, 2.45) is 5.73 Å². The number of amides is 1. The highest BCUT2D eigenvalue weighted by Crippen LogP contribution is 2.21. The number of carbonyl (C=O) groups is 1. The third kappa shape index (κ3) is 1.71. The van der Waals surface area contributed by atoms with Gasteiger partial charge >= 0.3 is 0 Å². The molecule has 1 amide bonds. The van der Waals surface area contributed by atoms with Crippen molar-refractivity contribution in [3.63, 3.8) is 0 Å². The van der Waals surface area contributed by atoms with Gasteiger partial charge in [-0.15, -0.1) is 0 Å². The van der Waals surface area contributed by atoms with E-state index in [1.165, 1.54) is 6.20 Å². The van der Waals surface area contributed by atoms with Gasteiger partial charge in [0.25, 0.3) is 5.91 Å². The van der Waals surface area contributed by atoms with Crippen LogP contribution in [0.4, 0.5) is 5.69 Å². The number of nitrogens with zero attached hydrogens (tertiary/aromatic N) is 2. The molecule has 0 aliphatic heterocycles. The normalized spacial score (nSPS) is 10.6. The fourth-order valence-electron chi connectivity index (χ4n) is 1.62. The van der Waals surface area contributed by atoms with Gasteiger partial charge in [-0.25, -0.2) is 4.52 Å². The molecule has 0 bridgehead atoms. The molecular formula is C11H14N4O. The first-order valence-corrected chi connectivity index (χ1v) is 5.24.